The highest BCUT2D eigenvalue weighted by atomic mass is 79.9. The molecule has 0 unspecified atom stereocenters. The van der Waals surface area contributed by atoms with Crippen LogP contribution in [0.2, 0.25) is 0 Å². The number of hydrogen-bond acceptors (Lipinski definition) is 3. The fraction of sp³-hybridized carbons (Fsp3) is 0.333. The molecule has 2 heterocycles. The van der Waals surface area contributed by atoms with Crippen molar-refractivity contribution in [2.75, 3.05) is 6.54 Å². The Bertz CT molecular complexity index is 768. The number of sulfonamides is 1. The number of rotatable bonds is 2. The Balaban J connectivity index is 1.98. The molecule has 0 spiro atoms. The zero-order chi connectivity index (χ0) is 15.0. The summed E-state index contributed by atoms with van der Waals surface area (Å²) in [5, 5.41) is 0. The number of benzene rings is 1. The van der Waals surface area contributed by atoms with E-state index in [1.807, 2.05) is 25.1 Å². The lowest BCUT2D eigenvalue weighted by Crippen LogP contribution is -2.30. The molecule has 3 nitrogen and oxygen atoms in total. The number of aryl methyl sites for hydroxylation is 2. The quantitative estimate of drug-likeness (QED) is 0.784. The van der Waals surface area contributed by atoms with Gasteiger partial charge in [0.05, 0.1) is 8.68 Å². The lowest BCUT2D eigenvalue weighted by atomic mass is 10.0. The van der Waals surface area contributed by atoms with Crippen LogP contribution >= 0.6 is 27.3 Å². The highest BCUT2D eigenvalue weighted by Gasteiger charge is 2.29. The average molecular weight is 386 g/mol. The van der Waals surface area contributed by atoms with Crippen LogP contribution in [0.5, 0.6) is 0 Å². The Morgan fingerprint density at radius 2 is 1.95 bits per heavy atom. The zero-order valence-electron chi connectivity index (χ0n) is 11.7. The van der Waals surface area contributed by atoms with Crippen LogP contribution in [-0.4, -0.2) is 19.3 Å². The number of fused-ring (bicyclic) bond motifs is 1. The predicted octanol–water partition coefficient (Wildman–Crippen LogP) is 3.96. The van der Waals surface area contributed by atoms with E-state index < -0.39 is 10.0 Å². The molecule has 112 valence electrons. The summed E-state index contributed by atoms with van der Waals surface area (Å²) in [6, 6.07) is 9.83. The summed E-state index contributed by atoms with van der Waals surface area (Å²) >= 11 is 4.84. The fourth-order valence-corrected chi connectivity index (χ4v) is 6.54. The minimum atomic E-state index is -3.42. The maximum Gasteiger partial charge on any atom is 0.244 e. The second kappa shape index (κ2) is 5.83. The summed E-state index contributed by atoms with van der Waals surface area (Å²) in [4.78, 5) is 1.26. The Kier molecular flexibility index (Phi) is 4.23. The molecule has 3 rings (SSSR count). The number of hydrogen-bond donors (Lipinski definition) is 0. The molecule has 1 aliphatic rings. The highest BCUT2D eigenvalue weighted by Crippen LogP contribution is 2.33. The van der Waals surface area contributed by atoms with Gasteiger partial charge in [-0.05, 0) is 52.9 Å². The molecule has 0 fully saturated rings. The first kappa shape index (κ1) is 15.2. The molecular formula is C15H16BrNO2S2. The third kappa shape index (κ3) is 2.95. The van der Waals surface area contributed by atoms with E-state index in [1.54, 1.807) is 10.4 Å². The van der Waals surface area contributed by atoms with Crippen molar-refractivity contribution in [1.82, 2.24) is 4.31 Å². The fourth-order valence-electron chi connectivity index (χ4n) is 2.70. The minimum Gasteiger partial charge on any atom is -0.207 e. The van der Waals surface area contributed by atoms with Gasteiger partial charge in [0.15, 0.2) is 0 Å². The normalized spacial score (nSPS) is 16.5. The SMILES string of the molecule is Cc1sc(Br)cc1S(=O)(=O)N1CCCc2ccccc2C1. The Hall–Kier alpha value is -0.690. The number of nitrogens with zero attached hydrogens (tertiary/aromatic N) is 1. The molecule has 0 amide bonds. The standard InChI is InChI=1S/C15H16BrNO2S2/c1-11-14(9-15(16)20-11)21(18,19)17-8-4-7-12-5-2-3-6-13(12)10-17/h2-3,5-6,9H,4,7-8,10H2,1H3. The van der Waals surface area contributed by atoms with Crippen LogP contribution in [0.1, 0.15) is 22.4 Å². The maximum absolute atomic E-state index is 12.9. The van der Waals surface area contributed by atoms with Crippen molar-refractivity contribution in [3.8, 4) is 0 Å². The molecule has 21 heavy (non-hydrogen) atoms. The van der Waals surface area contributed by atoms with Gasteiger partial charge in [-0.3, -0.25) is 0 Å². The zero-order valence-corrected chi connectivity index (χ0v) is 14.9. The molecule has 0 bridgehead atoms. The first-order valence-electron chi connectivity index (χ1n) is 6.81. The molecule has 2 aromatic rings. The van der Waals surface area contributed by atoms with Gasteiger partial charge < -0.3 is 0 Å². The third-order valence-electron chi connectivity index (χ3n) is 3.78. The van der Waals surface area contributed by atoms with Crippen LogP contribution < -0.4 is 0 Å². The summed E-state index contributed by atoms with van der Waals surface area (Å²) in [7, 11) is -3.42. The van der Waals surface area contributed by atoms with E-state index in [-0.39, 0.29) is 0 Å². The first-order valence-corrected chi connectivity index (χ1v) is 9.86. The van der Waals surface area contributed by atoms with Crippen LogP contribution in [-0.2, 0) is 23.0 Å². The largest absolute Gasteiger partial charge is 0.244 e. The molecule has 6 heteroatoms. The minimum absolute atomic E-state index is 0.429. The molecule has 0 saturated carbocycles. The molecule has 0 radical (unpaired) electrons. The van der Waals surface area contributed by atoms with Gasteiger partial charge >= 0.3 is 0 Å². The monoisotopic (exact) mass is 385 g/mol. The van der Waals surface area contributed by atoms with Crippen LogP contribution in [0.25, 0.3) is 0 Å². The van der Waals surface area contributed by atoms with Crippen molar-refractivity contribution in [3.05, 3.63) is 50.1 Å². The van der Waals surface area contributed by atoms with E-state index in [1.165, 1.54) is 16.9 Å². The van der Waals surface area contributed by atoms with Gasteiger partial charge in [-0.25, -0.2) is 8.42 Å². The molecule has 1 aromatic heterocycles. The van der Waals surface area contributed by atoms with Gasteiger partial charge in [0.1, 0.15) is 0 Å². The van der Waals surface area contributed by atoms with E-state index in [4.69, 9.17) is 0 Å². The van der Waals surface area contributed by atoms with Crippen molar-refractivity contribution >= 4 is 37.3 Å². The van der Waals surface area contributed by atoms with E-state index in [2.05, 4.69) is 22.0 Å². The summed E-state index contributed by atoms with van der Waals surface area (Å²) < 4.78 is 28.3. The van der Waals surface area contributed by atoms with Gasteiger partial charge in [-0.15, -0.1) is 11.3 Å². The van der Waals surface area contributed by atoms with E-state index in [9.17, 15) is 8.42 Å². The lowest BCUT2D eigenvalue weighted by Gasteiger charge is -2.20. The van der Waals surface area contributed by atoms with Crippen molar-refractivity contribution in [1.29, 1.82) is 0 Å². The first-order chi connectivity index (χ1) is 9.98. The van der Waals surface area contributed by atoms with E-state index in [0.29, 0.717) is 18.0 Å². The Labute approximate surface area is 137 Å². The second-order valence-corrected chi connectivity index (χ2v) is 9.72. The van der Waals surface area contributed by atoms with Gasteiger partial charge in [-0.2, -0.15) is 4.31 Å². The summed E-state index contributed by atoms with van der Waals surface area (Å²) in [5.74, 6) is 0. The Morgan fingerprint density at radius 3 is 2.62 bits per heavy atom. The molecule has 1 aromatic carbocycles. The number of halogens is 1. The molecular weight excluding hydrogens is 370 g/mol. The summed E-state index contributed by atoms with van der Waals surface area (Å²) in [6.07, 6.45) is 1.80. The van der Waals surface area contributed by atoms with Crippen molar-refractivity contribution in [2.24, 2.45) is 0 Å². The maximum atomic E-state index is 12.9. The van der Waals surface area contributed by atoms with Crippen molar-refractivity contribution in [2.45, 2.75) is 31.2 Å². The van der Waals surface area contributed by atoms with Crippen molar-refractivity contribution in [3.63, 3.8) is 0 Å². The molecule has 0 aliphatic carbocycles. The van der Waals surface area contributed by atoms with Crippen LogP contribution in [0.3, 0.4) is 0 Å². The lowest BCUT2D eigenvalue weighted by molar-refractivity contribution is 0.410. The number of thiophene rings is 1. The van der Waals surface area contributed by atoms with Crippen LogP contribution in [0, 0.1) is 6.92 Å². The van der Waals surface area contributed by atoms with Gasteiger partial charge in [0.25, 0.3) is 0 Å². The summed E-state index contributed by atoms with van der Waals surface area (Å²) in [6.45, 7) is 2.89. The Morgan fingerprint density at radius 1 is 1.24 bits per heavy atom. The van der Waals surface area contributed by atoms with Gasteiger partial charge in [0.2, 0.25) is 10.0 Å². The smallest absolute Gasteiger partial charge is 0.207 e. The van der Waals surface area contributed by atoms with E-state index in [0.717, 1.165) is 27.1 Å². The third-order valence-corrected chi connectivity index (χ3v) is 7.43. The molecule has 0 atom stereocenters. The van der Waals surface area contributed by atoms with Crippen LogP contribution in [0.15, 0.2) is 39.0 Å². The average Bonchev–Trinajstić information content (AvgIpc) is 2.67. The summed E-state index contributed by atoms with van der Waals surface area (Å²) in [5.41, 5.74) is 2.38. The van der Waals surface area contributed by atoms with Crippen molar-refractivity contribution < 1.29 is 8.42 Å². The van der Waals surface area contributed by atoms with Gasteiger partial charge in [-0.1, -0.05) is 24.3 Å². The van der Waals surface area contributed by atoms with E-state index >= 15 is 0 Å². The molecule has 0 N–H and O–H groups in total. The predicted molar refractivity (Wildman–Crippen MR) is 89.1 cm³/mol. The molecule has 0 saturated heterocycles. The second-order valence-electron chi connectivity index (χ2n) is 5.18. The topological polar surface area (TPSA) is 37.4 Å². The highest BCUT2D eigenvalue weighted by molar-refractivity contribution is 9.11. The molecule has 1 aliphatic heterocycles. The van der Waals surface area contributed by atoms with Gasteiger partial charge in [0, 0.05) is 18.0 Å². The van der Waals surface area contributed by atoms with Crippen LogP contribution in [0.4, 0.5) is 0 Å².